The van der Waals surface area contributed by atoms with E-state index in [4.69, 9.17) is 0 Å². The SMILES string of the molecule is CCc1nn(C)c(=O)c2c(Br)c(C(O)c3c(C)nn(-c4ccccn4)c3C)sc12. The van der Waals surface area contributed by atoms with Crippen molar-refractivity contribution in [3.05, 3.63) is 66.7 Å². The van der Waals surface area contributed by atoms with Gasteiger partial charge < -0.3 is 5.11 Å². The predicted molar refractivity (Wildman–Crippen MR) is 117 cm³/mol. The van der Waals surface area contributed by atoms with Gasteiger partial charge in [-0.1, -0.05) is 13.0 Å². The van der Waals surface area contributed by atoms with Crippen molar-refractivity contribution < 1.29 is 5.11 Å². The van der Waals surface area contributed by atoms with E-state index < -0.39 is 6.10 Å². The molecule has 4 aromatic heterocycles. The van der Waals surface area contributed by atoms with Gasteiger partial charge in [0.1, 0.15) is 6.10 Å². The molecule has 4 heterocycles. The normalized spacial score (nSPS) is 12.6. The van der Waals surface area contributed by atoms with Crippen LogP contribution in [0.3, 0.4) is 0 Å². The van der Waals surface area contributed by atoms with Gasteiger partial charge in [-0.3, -0.25) is 4.79 Å². The number of aliphatic hydroxyl groups is 1. The molecule has 0 spiro atoms. The summed E-state index contributed by atoms with van der Waals surface area (Å²) in [5.41, 5.74) is 2.89. The summed E-state index contributed by atoms with van der Waals surface area (Å²) < 4.78 is 4.51. The number of hydrogen-bond donors (Lipinski definition) is 1. The summed E-state index contributed by atoms with van der Waals surface area (Å²) >= 11 is 4.97. The van der Waals surface area contributed by atoms with Crippen molar-refractivity contribution in [1.29, 1.82) is 0 Å². The van der Waals surface area contributed by atoms with Crippen LogP contribution in [-0.2, 0) is 13.5 Å². The number of aromatic nitrogens is 5. The van der Waals surface area contributed by atoms with Crippen molar-refractivity contribution in [2.24, 2.45) is 7.05 Å². The minimum Gasteiger partial charge on any atom is -0.383 e. The average Bonchev–Trinajstić information content (AvgIpc) is 3.21. The number of nitrogens with zero attached hydrogens (tertiary/aromatic N) is 5. The Hall–Kier alpha value is -2.36. The molecule has 150 valence electrons. The van der Waals surface area contributed by atoms with Crippen molar-refractivity contribution in [2.45, 2.75) is 33.3 Å². The Balaban J connectivity index is 1.90. The zero-order chi connectivity index (χ0) is 20.9. The second-order valence-corrected chi connectivity index (χ2v) is 8.65. The van der Waals surface area contributed by atoms with Gasteiger partial charge in [-0.25, -0.2) is 14.3 Å². The summed E-state index contributed by atoms with van der Waals surface area (Å²) in [6.07, 6.45) is 1.48. The first-order valence-corrected chi connectivity index (χ1v) is 10.8. The lowest BCUT2D eigenvalue weighted by atomic mass is 10.1. The lowest BCUT2D eigenvalue weighted by molar-refractivity contribution is 0.222. The second-order valence-electron chi connectivity index (χ2n) is 6.80. The van der Waals surface area contributed by atoms with E-state index in [1.165, 1.54) is 16.0 Å². The zero-order valence-electron chi connectivity index (χ0n) is 16.5. The number of rotatable bonds is 4. The molecule has 0 aromatic carbocycles. The Labute approximate surface area is 179 Å². The van der Waals surface area contributed by atoms with Crippen LogP contribution in [0.25, 0.3) is 15.9 Å². The maximum atomic E-state index is 12.7. The molecule has 4 aromatic rings. The summed E-state index contributed by atoms with van der Waals surface area (Å²) in [4.78, 5) is 17.7. The number of pyridine rings is 1. The highest BCUT2D eigenvalue weighted by molar-refractivity contribution is 9.10. The molecule has 0 radical (unpaired) electrons. The maximum absolute atomic E-state index is 12.7. The minimum absolute atomic E-state index is 0.184. The van der Waals surface area contributed by atoms with E-state index in [9.17, 15) is 9.90 Å². The monoisotopic (exact) mass is 473 g/mol. The first-order valence-electron chi connectivity index (χ1n) is 9.18. The summed E-state index contributed by atoms with van der Waals surface area (Å²) in [5, 5.41) is 20.8. The van der Waals surface area contributed by atoms with Gasteiger partial charge in [-0.05, 0) is 48.3 Å². The standard InChI is InChI=1S/C20H20BrN5O2S/c1-5-12-18-15(20(28)25(4)24-12)16(21)19(29-18)17(27)14-10(2)23-26(11(14)3)13-8-6-7-9-22-13/h6-9,17,27H,5H2,1-4H3. The Morgan fingerprint density at radius 3 is 2.69 bits per heavy atom. The largest absolute Gasteiger partial charge is 0.383 e. The molecular formula is C20H20BrN5O2S. The van der Waals surface area contributed by atoms with Gasteiger partial charge >= 0.3 is 0 Å². The number of hydrogen-bond acceptors (Lipinski definition) is 6. The Bertz CT molecular complexity index is 1280. The first-order chi connectivity index (χ1) is 13.8. The van der Waals surface area contributed by atoms with Crippen LogP contribution in [0.1, 0.15) is 40.6 Å². The lowest BCUT2D eigenvalue weighted by Gasteiger charge is -2.11. The van der Waals surface area contributed by atoms with E-state index in [0.29, 0.717) is 38.2 Å². The Morgan fingerprint density at radius 1 is 1.28 bits per heavy atom. The Kier molecular flexibility index (Phi) is 5.14. The molecule has 0 saturated heterocycles. The van der Waals surface area contributed by atoms with E-state index in [1.54, 1.807) is 17.9 Å². The van der Waals surface area contributed by atoms with Crippen molar-refractivity contribution >= 4 is 37.4 Å². The quantitative estimate of drug-likeness (QED) is 0.489. The van der Waals surface area contributed by atoms with Crippen LogP contribution < -0.4 is 5.56 Å². The minimum atomic E-state index is -0.923. The Morgan fingerprint density at radius 2 is 2.03 bits per heavy atom. The van der Waals surface area contributed by atoms with Gasteiger partial charge in [0.15, 0.2) is 5.82 Å². The van der Waals surface area contributed by atoms with Gasteiger partial charge in [-0.2, -0.15) is 10.2 Å². The highest BCUT2D eigenvalue weighted by atomic mass is 79.9. The van der Waals surface area contributed by atoms with Gasteiger partial charge in [0, 0.05) is 29.0 Å². The number of fused-ring (bicyclic) bond motifs is 1. The van der Waals surface area contributed by atoms with E-state index in [2.05, 4.69) is 31.1 Å². The molecule has 0 saturated carbocycles. The maximum Gasteiger partial charge on any atom is 0.276 e. The summed E-state index contributed by atoms with van der Waals surface area (Å²) in [6, 6.07) is 5.61. The van der Waals surface area contributed by atoms with Crippen LogP contribution in [0.4, 0.5) is 0 Å². The molecule has 0 aliphatic heterocycles. The van der Waals surface area contributed by atoms with Crippen LogP contribution in [0.5, 0.6) is 0 Å². The molecule has 1 N–H and O–H groups in total. The second kappa shape index (κ2) is 7.47. The third kappa shape index (κ3) is 3.13. The fraction of sp³-hybridized carbons (Fsp3) is 0.300. The summed E-state index contributed by atoms with van der Waals surface area (Å²) in [7, 11) is 1.65. The topological polar surface area (TPSA) is 85.8 Å². The van der Waals surface area contributed by atoms with Gasteiger partial charge in [-0.15, -0.1) is 11.3 Å². The molecule has 0 amide bonds. The van der Waals surface area contributed by atoms with E-state index >= 15 is 0 Å². The van der Waals surface area contributed by atoms with Crippen LogP contribution >= 0.6 is 27.3 Å². The number of aliphatic hydroxyl groups excluding tert-OH is 1. The van der Waals surface area contributed by atoms with E-state index in [0.717, 1.165) is 16.1 Å². The van der Waals surface area contributed by atoms with Crippen LogP contribution in [0.15, 0.2) is 33.7 Å². The summed E-state index contributed by atoms with van der Waals surface area (Å²) in [6.45, 7) is 5.78. The lowest BCUT2D eigenvalue weighted by Crippen LogP contribution is -2.20. The first kappa shape index (κ1) is 19.9. The van der Waals surface area contributed by atoms with Crippen LogP contribution in [0, 0.1) is 13.8 Å². The fourth-order valence-corrected chi connectivity index (χ4v) is 5.74. The molecule has 4 rings (SSSR count). The molecule has 0 aliphatic rings. The van der Waals surface area contributed by atoms with Gasteiger partial charge in [0.25, 0.3) is 5.56 Å². The molecule has 29 heavy (non-hydrogen) atoms. The molecular weight excluding hydrogens is 454 g/mol. The molecule has 1 atom stereocenters. The highest BCUT2D eigenvalue weighted by Crippen LogP contribution is 2.42. The fourth-order valence-electron chi connectivity index (χ4n) is 3.55. The highest BCUT2D eigenvalue weighted by Gasteiger charge is 2.28. The van der Waals surface area contributed by atoms with Gasteiger partial charge in [0.05, 0.1) is 26.4 Å². The number of aryl methyl sites for hydroxylation is 3. The molecule has 1 unspecified atom stereocenters. The molecule has 0 fully saturated rings. The molecule has 0 aliphatic carbocycles. The van der Waals surface area contributed by atoms with Crippen molar-refractivity contribution in [2.75, 3.05) is 0 Å². The van der Waals surface area contributed by atoms with Crippen LogP contribution in [0.2, 0.25) is 0 Å². The van der Waals surface area contributed by atoms with Gasteiger partial charge in [0.2, 0.25) is 0 Å². The van der Waals surface area contributed by atoms with Crippen molar-refractivity contribution in [3.63, 3.8) is 0 Å². The van der Waals surface area contributed by atoms with E-state index in [1.807, 2.05) is 39.0 Å². The van der Waals surface area contributed by atoms with Crippen molar-refractivity contribution in [1.82, 2.24) is 24.5 Å². The molecule has 0 bridgehead atoms. The molecule has 9 heteroatoms. The smallest absolute Gasteiger partial charge is 0.276 e. The number of thiophene rings is 1. The van der Waals surface area contributed by atoms with Crippen LogP contribution in [-0.4, -0.2) is 29.7 Å². The summed E-state index contributed by atoms with van der Waals surface area (Å²) in [5.74, 6) is 0.688. The third-order valence-corrected chi connectivity index (χ3v) is 7.36. The average molecular weight is 474 g/mol. The zero-order valence-corrected chi connectivity index (χ0v) is 18.9. The predicted octanol–water partition coefficient (Wildman–Crippen LogP) is 3.60. The van der Waals surface area contributed by atoms with Crippen molar-refractivity contribution in [3.8, 4) is 5.82 Å². The van der Waals surface area contributed by atoms with E-state index in [-0.39, 0.29) is 5.56 Å². The molecule has 7 nitrogen and oxygen atoms in total. The third-order valence-electron chi connectivity index (χ3n) is 4.99. The number of halogens is 1.